The summed E-state index contributed by atoms with van der Waals surface area (Å²) in [4.78, 5) is 27.1. The lowest BCUT2D eigenvalue weighted by Gasteiger charge is -2.24. The normalized spacial score (nSPS) is 17.0. The van der Waals surface area contributed by atoms with Crippen LogP contribution in [0.25, 0.3) is 11.0 Å². The number of nitrogens with zero attached hydrogens (tertiary/aromatic N) is 4. The Morgan fingerprint density at radius 2 is 2.06 bits per heavy atom. The number of fused-ring (bicyclic) bond motifs is 1. The van der Waals surface area contributed by atoms with Crippen molar-refractivity contribution in [2.75, 3.05) is 18.4 Å². The van der Waals surface area contributed by atoms with Gasteiger partial charge in [-0.25, -0.2) is 24.1 Å². The molecule has 0 radical (unpaired) electrons. The smallest absolute Gasteiger partial charge is 0.410 e. The number of benzene rings is 1. The van der Waals surface area contributed by atoms with Gasteiger partial charge in [0, 0.05) is 24.6 Å². The third-order valence-electron chi connectivity index (χ3n) is 5.34. The van der Waals surface area contributed by atoms with E-state index in [9.17, 15) is 9.18 Å². The monoisotopic (exact) mass is 487 g/mol. The van der Waals surface area contributed by atoms with Crippen LogP contribution >= 0.6 is 11.6 Å². The Bertz CT molecular complexity index is 1200. The average Bonchev–Trinajstić information content (AvgIpc) is 3.23. The van der Waals surface area contributed by atoms with Crippen molar-refractivity contribution in [2.24, 2.45) is 0 Å². The van der Waals surface area contributed by atoms with Crippen LogP contribution in [0.1, 0.15) is 45.7 Å². The fourth-order valence-electron chi connectivity index (χ4n) is 3.72. The maximum atomic E-state index is 14.5. The summed E-state index contributed by atoms with van der Waals surface area (Å²) in [5.41, 5.74) is 0.978. The van der Waals surface area contributed by atoms with Crippen LogP contribution in [0, 0.1) is 5.82 Å². The van der Waals surface area contributed by atoms with Crippen molar-refractivity contribution < 1.29 is 18.7 Å². The number of hydrogen-bond acceptors (Lipinski definition) is 7. The first-order chi connectivity index (χ1) is 16.1. The Kier molecular flexibility index (Phi) is 6.74. The second-order valence-corrected chi connectivity index (χ2v) is 9.61. The Labute approximate surface area is 202 Å². The lowest BCUT2D eigenvalue weighted by atomic mass is 10.1. The van der Waals surface area contributed by atoms with Crippen LogP contribution in [-0.2, 0) is 4.74 Å². The van der Waals surface area contributed by atoms with Crippen LogP contribution in [0.15, 0.2) is 36.7 Å². The zero-order chi connectivity index (χ0) is 24.5. The highest BCUT2D eigenvalue weighted by molar-refractivity contribution is 6.30. The van der Waals surface area contributed by atoms with Gasteiger partial charge in [-0.15, -0.1) is 0 Å². The maximum absolute atomic E-state index is 14.5. The number of hydrogen-bond donors (Lipinski definition) is 1. The molecule has 0 saturated carbocycles. The second kappa shape index (κ2) is 9.58. The van der Waals surface area contributed by atoms with E-state index >= 15 is 0 Å². The number of carbonyl (C=O) groups excluding carboxylic acids is 1. The topological polar surface area (TPSA) is 89.5 Å². The highest BCUT2D eigenvalue weighted by Crippen LogP contribution is 2.28. The molecule has 1 aliphatic heterocycles. The summed E-state index contributed by atoms with van der Waals surface area (Å²) in [6.07, 6.45) is 1.52. The second-order valence-electron chi connectivity index (χ2n) is 9.20. The Morgan fingerprint density at radius 3 is 2.82 bits per heavy atom. The summed E-state index contributed by atoms with van der Waals surface area (Å²) < 4.78 is 26.0. The fraction of sp³-hybridized carbons (Fsp3) is 0.417. The number of nitrogens with one attached hydrogen (secondary N) is 1. The summed E-state index contributed by atoms with van der Waals surface area (Å²) in [5, 5.41) is 3.26. The van der Waals surface area contributed by atoms with Crippen molar-refractivity contribution in [2.45, 2.75) is 51.9 Å². The molecular formula is C24H27ClFN5O3. The van der Waals surface area contributed by atoms with Crippen molar-refractivity contribution in [1.82, 2.24) is 19.9 Å². The molecule has 2 atom stereocenters. The molecule has 8 nitrogen and oxygen atoms in total. The van der Waals surface area contributed by atoms with Gasteiger partial charge in [-0.2, -0.15) is 0 Å². The van der Waals surface area contributed by atoms with Crippen LogP contribution in [0.2, 0.25) is 5.02 Å². The number of anilines is 1. The summed E-state index contributed by atoms with van der Waals surface area (Å²) in [6.45, 7) is 8.28. The molecular weight excluding hydrogens is 461 g/mol. The van der Waals surface area contributed by atoms with E-state index in [-0.39, 0.29) is 17.2 Å². The summed E-state index contributed by atoms with van der Waals surface area (Å²) in [7, 11) is 0. The van der Waals surface area contributed by atoms with E-state index in [2.05, 4.69) is 20.3 Å². The van der Waals surface area contributed by atoms with Crippen LogP contribution in [0.5, 0.6) is 5.88 Å². The molecule has 0 aliphatic carbocycles. The number of rotatable bonds is 5. The molecule has 0 bridgehead atoms. The van der Waals surface area contributed by atoms with Crippen molar-refractivity contribution in [1.29, 1.82) is 0 Å². The van der Waals surface area contributed by atoms with Gasteiger partial charge in [-0.1, -0.05) is 23.7 Å². The molecule has 0 unspecified atom stereocenters. The predicted molar refractivity (Wildman–Crippen MR) is 128 cm³/mol. The van der Waals surface area contributed by atoms with E-state index in [1.165, 1.54) is 12.4 Å². The van der Waals surface area contributed by atoms with Gasteiger partial charge in [0.05, 0.1) is 23.1 Å². The quantitative estimate of drug-likeness (QED) is 0.516. The van der Waals surface area contributed by atoms with E-state index in [0.717, 1.165) is 0 Å². The number of likely N-dealkylation sites (tertiary alicyclic amines) is 1. The Morgan fingerprint density at radius 1 is 1.26 bits per heavy atom. The molecule has 34 heavy (non-hydrogen) atoms. The first kappa shape index (κ1) is 23.9. The molecule has 1 aliphatic rings. The lowest BCUT2D eigenvalue weighted by molar-refractivity contribution is 0.0275. The largest absolute Gasteiger partial charge is 0.472 e. The number of carbonyl (C=O) groups is 1. The Balaban J connectivity index is 1.49. The highest BCUT2D eigenvalue weighted by Gasteiger charge is 2.31. The number of ether oxygens (including phenoxy) is 2. The average molecular weight is 488 g/mol. The standard InChI is InChI=1S/C24H27ClFN5O3/c1-14(16-6-5-7-17(25)20(16)26)29-22-21-18(27-13-28-22)8-9-19(30-21)33-15-10-11-31(12-15)23(32)34-24(2,3)4/h5-9,13-15H,10-12H2,1-4H3,(H,27,28,29)/t14-,15+/m1/s1. The minimum atomic E-state index is -0.551. The van der Waals surface area contributed by atoms with Gasteiger partial charge < -0.3 is 19.7 Å². The van der Waals surface area contributed by atoms with Crippen LogP contribution < -0.4 is 10.1 Å². The van der Waals surface area contributed by atoms with Gasteiger partial charge in [0.15, 0.2) is 5.82 Å². The number of pyridine rings is 1. The molecule has 1 fully saturated rings. The van der Waals surface area contributed by atoms with E-state index < -0.39 is 17.5 Å². The van der Waals surface area contributed by atoms with Gasteiger partial charge in [0.25, 0.3) is 0 Å². The molecule has 0 spiro atoms. The molecule has 3 heterocycles. The Hall–Kier alpha value is -3.20. The van der Waals surface area contributed by atoms with Gasteiger partial charge >= 0.3 is 6.09 Å². The zero-order valence-corrected chi connectivity index (χ0v) is 20.3. The minimum Gasteiger partial charge on any atom is -0.472 e. The summed E-state index contributed by atoms with van der Waals surface area (Å²) in [5.74, 6) is 0.363. The minimum absolute atomic E-state index is 0.0597. The third kappa shape index (κ3) is 5.47. The number of amides is 1. The molecule has 180 valence electrons. The van der Waals surface area contributed by atoms with Crippen molar-refractivity contribution in [3.05, 3.63) is 53.1 Å². The van der Waals surface area contributed by atoms with Gasteiger partial charge in [-0.05, 0) is 39.8 Å². The molecule has 1 saturated heterocycles. The molecule has 4 rings (SSSR count). The van der Waals surface area contributed by atoms with E-state index in [0.29, 0.717) is 47.8 Å². The molecule has 1 amide bonds. The first-order valence-corrected chi connectivity index (χ1v) is 11.5. The maximum Gasteiger partial charge on any atom is 0.410 e. The molecule has 10 heteroatoms. The zero-order valence-electron chi connectivity index (χ0n) is 19.5. The van der Waals surface area contributed by atoms with Crippen molar-refractivity contribution in [3.8, 4) is 5.88 Å². The van der Waals surface area contributed by atoms with E-state index in [1.807, 2.05) is 27.7 Å². The van der Waals surface area contributed by atoms with E-state index in [4.69, 9.17) is 21.1 Å². The van der Waals surface area contributed by atoms with Crippen molar-refractivity contribution in [3.63, 3.8) is 0 Å². The van der Waals surface area contributed by atoms with Gasteiger partial charge in [0.2, 0.25) is 5.88 Å². The van der Waals surface area contributed by atoms with E-state index in [1.54, 1.807) is 29.2 Å². The van der Waals surface area contributed by atoms with Gasteiger partial charge in [-0.3, -0.25) is 0 Å². The first-order valence-electron chi connectivity index (χ1n) is 11.1. The molecule has 2 aromatic heterocycles. The number of halogens is 2. The van der Waals surface area contributed by atoms with Crippen LogP contribution in [-0.4, -0.2) is 50.7 Å². The summed E-state index contributed by atoms with van der Waals surface area (Å²) >= 11 is 5.93. The fourth-order valence-corrected chi connectivity index (χ4v) is 3.90. The van der Waals surface area contributed by atoms with Crippen LogP contribution in [0.3, 0.4) is 0 Å². The van der Waals surface area contributed by atoms with Crippen molar-refractivity contribution >= 4 is 34.5 Å². The SMILES string of the molecule is C[C@@H](Nc1ncnc2ccc(O[C@H]3CCN(C(=O)OC(C)(C)C)C3)nc12)c1cccc(Cl)c1F. The molecule has 3 aromatic rings. The van der Waals surface area contributed by atoms with Gasteiger partial charge in [0.1, 0.15) is 29.4 Å². The predicted octanol–water partition coefficient (Wildman–Crippen LogP) is 5.38. The number of aromatic nitrogens is 3. The third-order valence-corrected chi connectivity index (χ3v) is 5.63. The molecule has 1 aromatic carbocycles. The highest BCUT2D eigenvalue weighted by atomic mass is 35.5. The molecule has 1 N–H and O–H groups in total. The van der Waals surface area contributed by atoms with Crippen LogP contribution in [0.4, 0.5) is 15.0 Å². The lowest BCUT2D eigenvalue weighted by Crippen LogP contribution is -2.36. The summed E-state index contributed by atoms with van der Waals surface area (Å²) in [6, 6.07) is 7.97.